The molecule has 3 heteroatoms. The molecule has 3 rings (SSSR count). The van der Waals surface area contributed by atoms with Crippen molar-refractivity contribution < 1.29 is 4.79 Å². The number of benzene rings is 1. The molecule has 2 unspecified atom stereocenters. The van der Waals surface area contributed by atoms with E-state index in [0.29, 0.717) is 0 Å². The molecule has 0 radical (unpaired) electrons. The van der Waals surface area contributed by atoms with Gasteiger partial charge < -0.3 is 10.2 Å². The van der Waals surface area contributed by atoms with Gasteiger partial charge in [-0.15, -0.1) is 0 Å². The van der Waals surface area contributed by atoms with Crippen LogP contribution in [-0.2, 0) is 4.79 Å². The van der Waals surface area contributed by atoms with E-state index in [2.05, 4.69) is 52.7 Å². The second-order valence-electron chi connectivity index (χ2n) is 7.62. The molecule has 2 atom stereocenters. The van der Waals surface area contributed by atoms with Crippen molar-refractivity contribution in [2.75, 3.05) is 26.7 Å². The number of hydrogen-bond acceptors (Lipinski definition) is 2. The maximum atomic E-state index is 13.0. The Kier molecular flexibility index (Phi) is 6.30. The van der Waals surface area contributed by atoms with Gasteiger partial charge in [0.05, 0.1) is 5.41 Å². The summed E-state index contributed by atoms with van der Waals surface area (Å²) < 4.78 is 0. The van der Waals surface area contributed by atoms with Crippen LogP contribution in [0, 0.1) is 5.41 Å². The highest BCUT2D eigenvalue weighted by molar-refractivity contribution is 5.84. The molecule has 2 aliphatic rings. The molecule has 1 amide bonds. The Bertz CT molecular complexity index is 577. The van der Waals surface area contributed by atoms with Crippen molar-refractivity contribution in [2.45, 2.75) is 50.9 Å². The quantitative estimate of drug-likeness (QED) is 0.790. The van der Waals surface area contributed by atoms with Crippen molar-refractivity contribution in [2.24, 2.45) is 5.41 Å². The van der Waals surface area contributed by atoms with E-state index in [-0.39, 0.29) is 17.2 Å². The molecule has 0 saturated carbocycles. The summed E-state index contributed by atoms with van der Waals surface area (Å²) in [6.45, 7) is 3.59. The number of nitrogens with one attached hydrogen (secondary N) is 1. The molecule has 1 aromatic carbocycles. The van der Waals surface area contributed by atoms with E-state index < -0.39 is 0 Å². The molecule has 1 fully saturated rings. The summed E-state index contributed by atoms with van der Waals surface area (Å²) in [6, 6.07) is 10.6. The highest BCUT2D eigenvalue weighted by Gasteiger charge is 2.45. The van der Waals surface area contributed by atoms with E-state index in [4.69, 9.17) is 0 Å². The molecule has 25 heavy (non-hydrogen) atoms. The number of hydrogen-bond donors (Lipinski definition) is 1. The number of nitrogens with zero attached hydrogens (tertiary/aromatic N) is 1. The van der Waals surface area contributed by atoms with Gasteiger partial charge in [0, 0.05) is 13.0 Å². The van der Waals surface area contributed by atoms with Crippen LogP contribution in [0.2, 0.25) is 0 Å². The van der Waals surface area contributed by atoms with Crippen molar-refractivity contribution in [1.82, 2.24) is 10.2 Å². The van der Waals surface area contributed by atoms with Gasteiger partial charge in [0.1, 0.15) is 0 Å². The smallest absolute Gasteiger partial charge is 0.226 e. The van der Waals surface area contributed by atoms with Gasteiger partial charge in [0.25, 0.3) is 0 Å². The lowest BCUT2D eigenvalue weighted by molar-refractivity contribution is -0.132. The van der Waals surface area contributed by atoms with Crippen LogP contribution in [0.5, 0.6) is 0 Å². The van der Waals surface area contributed by atoms with E-state index in [0.717, 1.165) is 32.2 Å². The molecule has 1 aromatic rings. The van der Waals surface area contributed by atoms with E-state index in [1.54, 1.807) is 7.05 Å². The molecule has 1 aliphatic carbocycles. The number of allylic oxidation sites excluding steroid dienone is 2. The number of rotatable bonds is 6. The van der Waals surface area contributed by atoms with Gasteiger partial charge in [0.2, 0.25) is 5.91 Å². The zero-order valence-electron chi connectivity index (χ0n) is 15.5. The minimum Gasteiger partial charge on any atom is -0.359 e. The average Bonchev–Trinajstić information content (AvgIpc) is 2.69. The highest BCUT2D eigenvalue weighted by Crippen LogP contribution is 2.48. The third-order valence-electron chi connectivity index (χ3n) is 6.11. The fourth-order valence-electron chi connectivity index (χ4n) is 4.73. The van der Waals surface area contributed by atoms with E-state index in [9.17, 15) is 4.79 Å². The lowest BCUT2D eigenvalue weighted by atomic mass is 9.63. The summed E-state index contributed by atoms with van der Waals surface area (Å²) in [5.74, 6) is 0.490. The molecule has 0 spiro atoms. The van der Waals surface area contributed by atoms with Crippen molar-refractivity contribution >= 4 is 5.91 Å². The number of carbonyl (C=O) groups is 1. The highest BCUT2D eigenvalue weighted by atomic mass is 16.2. The van der Waals surface area contributed by atoms with Crippen molar-refractivity contribution in [1.29, 1.82) is 0 Å². The largest absolute Gasteiger partial charge is 0.359 e. The van der Waals surface area contributed by atoms with E-state index in [1.807, 2.05) is 0 Å². The summed E-state index contributed by atoms with van der Waals surface area (Å²) in [5.41, 5.74) is 0.995. The maximum absolute atomic E-state index is 13.0. The van der Waals surface area contributed by atoms with Gasteiger partial charge >= 0.3 is 0 Å². The lowest BCUT2D eigenvalue weighted by Crippen LogP contribution is -2.45. The minimum absolute atomic E-state index is 0.212. The Morgan fingerprint density at radius 3 is 2.64 bits per heavy atom. The van der Waals surface area contributed by atoms with E-state index in [1.165, 1.54) is 37.9 Å². The molecule has 1 saturated heterocycles. The van der Waals surface area contributed by atoms with Gasteiger partial charge in [-0.25, -0.2) is 0 Å². The first-order valence-corrected chi connectivity index (χ1v) is 9.91. The van der Waals surface area contributed by atoms with Crippen LogP contribution in [0.1, 0.15) is 56.4 Å². The predicted molar refractivity (Wildman–Crippen MR) is 104 cm³/mol. The molecule has 136 valence electrons. The SMILES string of the molecule is CNC(=O)C1(CCCN2CCCCC2)CC=CCC1c1ccccc1. The van der Waals surface area contributed by atoms with Crippen LogP contribution in [0.4, 0.5) is 0 Å². The molecule has 0 bridgehead atoms. The fourth-order valence-corrected chi connectivity index (χ4v) is 4.73. The van der Waals surface area contributed by atoms with Crippen LogP contribution in [0.25, 0.3) is 0 Å². The summed E-state index contributed by atoms with van der Waals surface area (Å²) in [5, 5.41) is 2.98. The van der Waals surface area contributed by atoms with Gasteiger partial charge in [0.15, 0.2) is 0 Å². The summed E-state index contributed by atoms with van der Waals surface area (Å²) in [4.78, 5) is 15.6. The van der Waals surface area contributed by atoms with Gasteiger partial charge in [-0.1, -0.05) is 48.9 Å². The zero-order chi connectivity index (χ0) is 17.5. The third kappa shape index (κ3) is 4.14. The van der Waals surface area contributed by atoms with Gasteiger partial charge in [-0.2, -0.15) is 0 Å². The van der Waals surface area contributed by atoms with Crippen LogP contribution in [0.3, 0.4) is 0 Å². The van der Waals surface area contributed by atoms with Crippen molar-refractivity contribution in [3.8, 4) is 0 Å². The Hall–Kier alpha value is -1.61. The molecular formula is C22H32N2O. The monoisotopic (exact) mass is 340 g/mol. The summed E-state index contributed by atoms with van der Waals surface area (Å²) in [7, 11) is 1.79. The average molecular weight is 341 g/mol. The van der Waals surface area contributed by atoms with Gasteiger partial charge in [-0.3, -0.25) is 4.79 Å². The molecule has 3 nitrogen and oxygen atoms in total. The summed E-state index contributed by atoms with van der Waals surface area (Å²) in [6.07, 6.45) is 12.4. The first-order valence-electron chi connectivity index (χ1n) is 9.91. The van der Waals surface area contributed by atoms with Crippen LogP contribution in [0.15, 0.2) is 42.5 Å². The number of carbonyl (C=O) groups excluding carboxylic acids is 1. The molecular weight excluding hydrogens is 308 g/mol. The third-order valence-corrected chi connectivity index (χ3v) is 6.11. The number of amides is 1. The fraction of sp³-hybridized carbons (Fsp3) is 0.591. The first kappa shape index (κ1) is 18.2. The Morgan fingerprint density at radius 2 is 1.92 bits per heavy atom. The maximum Gasteiger partial charge on any atom is 0.226 e. The predicted octanol–water partition coefficient (Wildman–Crippen LogP) is 4.12. The standard InChI is InChI=1S/C22H32N2O/c1-23-21(25)22(15-10-18-24-16-8-3-9-17-24)14-7-6-13-20(22)19-11-4-2-5-12-19/h2,4-7,11-12,20H,3,8-10,13-18H2,1H3,(H,23,25). The first-order chi connectivity index (χ1) is 12.3. The summed E-state index contributed by atoms with van der Waals surface area (Å²) >= 11 is 0. The van der Waals surface area contributed by atoms with Crippen LogP contribution >= 0.6 is 0 Å². The Morgan fingerprint density at radius 1 is 1.16 bits per heavy atom. The molecule has 1 heterocycles. The van der Waals surface area contributed by atoms with Crippen LogP contribution < -0.4 is 5.32 Å². The van der Waals surface area contributed by atoms with Crippen LogP contribution in [-0.4, -0.2) is 37.5 Å². The topological polar surface area (TPSA) is 32.3 Å². The van der Waals surface area contributed by atoms with Crippen molar-refractivity contribution in [3.05, 3.63) is 48.0 Å². The normalized spacial score (nSPS) is 27.2. The van der Waals surface area contributed by atoms with E-state index >= 15 is 0 Å². The molecule has 1 N–H and O–H groups in total. The molecule has 0 aromatic heterocycles. The zero-order valence-corrected chi connectivity index (χ0v) is 15.5. The number of likely N-dealkylation sites (tertiary alicyclic amines) is 1. The Labute approximate surface area is 152 Å². The van der Waals surface area contributed by atoms with Crippen molar-refractivity contribution in [3.63, 3.8) is 0 Å². The lowest BCUT2D eigenvalue weighted by Gasteiger charge is -2.41. The Balaban J connectivity index is 1.76. The van der Waals surface area contributed by atoms with Gasteiger partial charge in [-0.05, 0) is 63.7 Å². The minimum atomic E-state index is -0.305. The molecule has 1 aliphatic heterocycles. The second kappa shape index (κ2) is 8.66. The number of piperidine rings is 1. The second-order valence-corrected chi connectivity index (χ2v) is 7.62.